The standard InChI is InChI=1S/C15H11NO5S/c1-2-10-4-3-5-13(14(10)16(18)19)15(17)11-6-8-12(9-7-11)22(20)21/h2-9H,1H2,(H,20,21)/p-1. The summed E-state index contributed by atoms with van der Waals surface area (Å²) in [5, 5.41) is 11.2. The first-order chi connectivity index (χ1) is 10.5. The second-order valence-corrected chi connectivity index (χ2v) is 5.23. The first-order valence-corrected chi connectivity index (χ1v) is 7.17. The lowest BCUT2D eigenvalue weighted by Crippen LogP contribution is -2.07. The maximum Gasteiger partial charge on any atom is 0.287 e. The molecule has 0 bridgehead atoms. The molecule has 0 spiro atoms. The van der Waals surface area contributed by atoms with Crippen molar-refractivity contribution in [2.45, 2.75) is 4.90 Å². The van der Waals surface area contributed by atoms with E-state index in [1.165, 1.54) is 48.5 Å². The van der Waals surface area contributed by atoms with Crippen LogP contribution >= 0.6 is 0 Å². The van der Waals surface area contributed by atoms with Crippen molar-refractivity contribution in [2.75, 3.05) is 0 Å². The van der Waals surface area contributed by atoms with Gasteiger partial charge in [-0.2, -0.15) is 0 Å². The summed E-state index contributed by atoms with van der Waals surface area (Å²) in [5.74, 6) is -0.557. The van der Waals surface area contributed by atoms with Crippen molar-refractivity contribution in [3.8, 4) is 0 Å². The second kappa shape index (κ2) is 6.42. The molecule has 22 heavy (non-hydrogen) atoms. The maximum atomic E-state index is 12.4. The van der Waals surface area contributed by atoms with Gasteiger partial charge < -0.3 is 4.55 Å². The van der Waals surface area contributed by atoms with Crippen LogP contribution in [0.25, 0.3) is 6.08 Å². The van der Waals surface area contributed by atoms with Crippen LogP contribution in [0, 0.1) is 10.1 Å². The topological polar surface area (TPSA) is 100 Å². The highest BCUT2D eigenvalue weighted by molar-refractivity contribution is 7.79. The SMILES string of the molecule is C=Cc1cccc(C(=O)c2ccc(S(=O)[O-])cc2)c1[N+](=O)[O-]. The van der Waals surface area contributed by atoms with Crippen molar-refractivity contribution in [2.24, 2.45) is 0 Å². The van der Waals surface area contributed by atoms with Crippen LogP contribution in [-0.2, 0) is 11.1 Å². The van der Waals surface area contributed by atoms with E-state index in [0.717, 1.165) is 0 Å². The number of para-hydroxylation sites is 1. The molecular formula is C15H10NO5S-. The number of carbonyl (C=O) groups is 1. The Bertz CT molecular complexity index is 783. The highest BCUT2D eigenvalue weighted by Gasteiger charge is 2.23. The Kier molecular flexibility index (Phi) is 4.59. The predicted octanol–water partition coefficient (Wildman–Crippen LogP) is 2.71. The number of rotatable bonds is 5. The van der Waals surface area contributed by atoms with Crippen LogP contribution in [0.5, 0.6) is 0 Å². The van der Waals surface area contributed by atoms with Crippen LogP contribution in [0.1, 0.15) is 21.5 Å². The molecule has 0 aromatic heterocycles. The molecule has 0 fully saturated rings. The van der Waals surface area contributed by atoms with E-state index in [0.29, 0.717) is 0 Å². The van der Waals surface area contributed by atoms with E-state index in [9.17, 15) is 23.7 Å². The first-order valence-electron chi connectivity index (χ1n) is 6.09. The van der Waals surface area contributed by atoms with Crippen molar-refractivity contribution >= 4 is 28.6 Å². The molecule has 0 saturated heterocycles. The third-order valence-corrected chi connectivity index (χ3v) is 3.68. The predicted molar refractivity (Wildman–Crippen MR) is 80.2 cm³/mol. The smallest absolute Gasteiger partial charge is 0.287 e. The number of benzene rings is 2. The zero-order chi connectivity index (χ0) is 16.3. The van der Waals surface area contributed by atoms with E-state index in [1.54, 1.807) is 0 Å². The molecule has 0 aliphatic carbocycles. The number of hydrogen-bond donors (Lipinski definition) is 0. The molecule has 1 unspecified atom stereocenters. The molecule has 0 amide bonds. The normalized spacial score (nSPS) is 11.7. The number of hydrogen-bond acceptors (Lipinski definition) is 5. The fourth-order valence-electron chi connectivity index (χ4n) is 1.99. The second-order valence-electron chi connectivity index (χ2n) is 4.29. The number of nitro groups is 1. The monoisotopic (exact) mass is 316 g/mol. The number of nitrogens with zero attached hydrogens (tertiary/aromatic N) is 1. The van der Waals surface area contributed by atoms with E-state index in [4.69, 9.17) is 0 Å². The quantitative estimate of drug-likeness (QED) is 0.365. The Hall–Kier alpha value is -2.64. The molecule has 2 aromatic rings. The van der Waals surface area contributed by atoms with Gasteiger partial charge in [-0.05, 0) is 47.5 Å². The van der Waals surface area contributed by atoms with Crippen molar-refractivity contribution in [1.82, 2.24) is 0 Å². The van der Waals surface area contributed by atoms with Gasteiger partial charge in [0.2, 0.25) is 0 Å². The van der Waals surface area contributed by atoms with Gasteiger partial charge in [0, 0.05) is 10.5 Å². The van der Waals surface area contributed by atoms with Gasteiger partial charge in [0.1, 0.15) is 5.56 Å². The molecule has 112 valence electrons. The molecule has 0 aliphatic heterocycles. The fraction of sp³-hybridized carbons (Fsp3) is 0. The van der Waals surface area contributed by atoms with Crippen LogP contribution in [-0.4, -0.2) is 19.5 Å². The average Bonchev–Trinajstić information content (AvgIpc) is 2.53. The van der Waals surface area contributed by atoms with Crippen LogP contribution in [0.3, 0.4) is 0 Å². The lowest BCUT2D eigenvalue weighted by molar-refractivity contribution is -0.385. The first kappa shape index (κ1) is 15.7. The zero-order valence-electron chi connectivity index (χ0n) is 11.2. The van der Waals surface area contributed by atoms with E-state index < -0.39 is 21.8 Å². The number of ketones is 1. The van der Waals surface area contributed by atoms with Gasteiger partial charge in [0.05, 0.1) is 10.5 Å². The minimum atomic E-state index is -2.39. The molecule has 0 saturated carbocycles. The zero-order valence-corrected chi connectivity index (χ0v) is 12.0. The number of nitro benzene ring substituents is 1. The summed E-state index contributed by atoms with van der Waals surface area (Å²) in [6, 6.07) is 9.53. The molecule has 7 heteroatoms. The number of carbonyl (C=O) groups excluding carboxylic acids is 1. The Morgan fingerprint density at radius 2 is 1.82 bits per heavy atom. The van der Waals surface area contributed by atoms with Crippen molar-refractivity contribution in [3.05, 3.63) is 75.8 Å². The maximum absolute atomic E-state index is 12.4. The minimum absolute atomic E-state index is 0.0332. The van der Waals surface area contributed by atoms with E-state index >= 15 is 0 Å². The van der Waals surface area contributed by atoms with Gasteiger partial charge in [0.15, 0.2) is 5.78 Å². The highest BCUT2D eigenvalue weighted by atomic mass is 32.2. The van der Waals surface area contributed by atoms with Crippen LogP contribution in [0.4, 0.5) is 5.69 Å². The summed E-state index contributed by atoms with van der Waals surface area (Å²) < 4.78 is 21.6. The molecule has 0 aliphatic rings. The summed E-state index contributed by atoms with van der Waals surface area (Å²) in [5.41, 5.74) is 0.0176. The molecular weight excluding hydrogens is 306 g/mol. The summed E-state index contributed by atoms with van der Waals surface area (Å²) in [4.78, 5) is 23.0. The highest BCUT2D eigenvalue weighted by Crippen LogP contribution is 2.27. The van der Waals surface area contributed by atoms with Gasteiger partial charge in [-0.15, -0.1) is 0 Å². The fourth-order valence-corrected chi connectivity index (χ4v) is 2.34. The van der Waals surface area contributed by atoms with E-state index in [1.807, 2.05) is 0 Å². The molecule has 0 radical (unpaired) electrons. The van der Waals surface area contributed by atoms with Crippen molar-refractivity contribution in [1.29, 1.82) is 0 Å². The lowest BCUT2D eigenvalue weighted by atomic mass is 9.99. The van der Waals surface area contributed by atoms with E-state index in [2.05, 4.69) is 6.58 Å². The van der Waals surface area contributed by atoms with Crippen molar-refractivity contribution < 1.29 is 18.5 Å². The molecule has 6 nitrogen and oxygen atoms in total. The minimum Gasteiger partial charge on any atom is -0.768 e. The molecule has 0 N–H and O–H groups in total. The van der Waals surface area contributed by atoms with Crippen molar-refractivity contribution in [3.63, 3.8) is 0 Å². The molecule has 2 rings (SSSR count). The van der Waals surface area contributed by atoms with Crippen LogP contribution in [0.15, 0.2) is 53.9 Å². The summed E-state index contributed by atoms with van der Waals surface area (Å²) >= 11 is -2.39. The summed E-state index contributed by atoms with van der Waals surface area (Å²) in [7, 11) is 0. The van der Waals surface area contributed by atoms with Gasteiger partial charge in [0.25, 0.3) is 5.69 Å². The molecule has 2 aromatic carbocycles. The Morgan fingerprint density at radius 3 is 2.32 bits per heavy atom. The van der Waals surface area contributed by atoms with Crippen LogP contribution < -0.4 is 0 Å². The van der Waals surface area contributed by atoms with Crippen LogP contribution in [0.2, 0.25) is 0 Å². The third-order valence-electron chi connectivity index (χ3n) is 3.02. The third kappa shape index (κ3) is 3.00. The van der Waals surface area contributed by atoms with Gasteiger partial charge >= 0.3 is 0 Å². The molecule has 1 atom stereocenters. The Morgan fingerprint density at radius 1 is 1.18 bits per heavy atom. The average molecular weight is 316 g/mol. The lowest BCUT2D eigenvalue weighted by Gasteiger charge is -2.07. The largest absolute Gasteiger partial charge is 0.768 e. The molecule has 0 heterocycles. The summed E-state index contributed by atoms with van der Waals surface area (Å²) in [6.45, 7) is 3.49. The van der Waals surface area contributed by atoms with Gasteiger partial charge in [-0.1, -0.05) is 18.7 Å². The summed E-state index contributed by atoms with van der Waals surface area (Å²) in [6.07, 6.45) is 1.30. The Balaban J connectivity index is 2.52. The van der Waals surface area contributed by atoms with E-state index in [-0.39, 0.29) is 27.3 Å². The Labute approximate surface area is 128 Å². The van der Waals surface area contributed by atoms with Gasteiger partial charge in [-0.25, -0.2) is 0 Å². The van der Waals surface area contributed by atoms with Gasteiger partial charge in [-0.3, -0.25) is 19.1 Å².